The quantitative estimate of drug-likeness (QED) is 0.716. The molecule has 1 aromatic rings. The van der Waals surface area contributed by atoms with Gasteiger partial charge in [-0.3, -0.25) is 4.68 Å². The molecule has 0 aromatic carbocycles. The minimum Gasteiger partial charge on any atom is -0.394 e. The molecule has 9 heavy (non-hydrogen) atoms. The zero-order valence-corrected chi connectivity index (χ0v) is 9.04. The lowest BCUT2D eigenvalue weighted by Gasteiger charge is -1.88. The maximum Gasteiger partial charge on any atom is 0.147 e. The van der Waals surface area contributed by atoms with Gasteiger partial charge in [-0.05, 0) is 45.2 Å². The van der Waals surface area contributed by atoms with E-state index < -0.39 is 0 Å². The number of halogens is 2. The molecule has 0 atom stereocenters. The van der Waals surface area contributed by atoms with Crippen LogP contribution in [0.4, 0.5) is 5.69 Å². The average Bonchev–Trinajstić information content (AvgIpc) is 1.98. The molecule has 50 valence electrons. The van der Waals surface area contributed by atoms with Gasteiger partial charge in [-0.25, -0.2) is 0 Å². The van der Waals surface area contributed by atoms with Gasteiger partial charge in [-0.2, -0.15) is 5.10 Å². The van der Waals surface area contributed by atoms with Crippen molar-refractivity contribution in [2.24, 2.45) is 7.05 Å². The summed E-state index contributed by atoms with van der Waals surface area (Å²) in [6.45, 7) is 0. The first-order valence-corrected chi connectivity index (χ1v) is 4.42. The van der Waals surface area contributed by atoms with Gasteiger partial charge in [0.05, 0.1) is 5.69 Å². The predicted octanol–water partition coefficient (Wildman–Crippen LogP) is 1.21. The van der Waals surface area contributed by atoms with Crippen LogP contribution in [0.25, 0.3) is 0 Å². The highest BCUT2D eigenvalue weighted by atomic mass is 127. The molecule has 1 rings (SSSR count). The number of anilines is 1. The lowest BCUT2D eigenvalue weighted by Crippen LogP contribution is -1.93. The van der Waals surface area contributed by atoms with Crippen LogP contribution in [0, 0.1) is 7.40 Å². The lowest BCUT2D eigenvalue weighted by molar-refractivity contribution is 0.741. The van der Waals surface area contributed by atoms with E-state index >= 15 is 0 Å². The van der Waals surface area contributed by atoms with E-state index in [4.69, 9.17) is 5.73 Å². The SMILES string of the molecule is Cn1nc(I)c(N)c1I. The highest BCUT2D eigenvalue weighted by molar-refractivity contribution is 14.1. The zero-order valence-electron chi connectivity index (χ0n) is 4.73. The number of aryl methyl sites for hydroxylation is 1. The number of nitrogens with two attached hydrogens (primary N) is 1. The van der Waals surface area contributed by atoms with Crippen molar-refractivity contribution in [2.75, 3.05) is 5.73 Å². The molecule has 0 bridgehead atoms. The summed E-state index contributed by atoms with van der Waals surface area (Å²) in [5, 5.41) is 4.08. The molecule has 0 saturated heterocycles. The van der Waals surface area contributed by atoms with Crippen molar-refractivity contribution in [1.82, 2.24) is 9.78 Å². The molecule has 0 aliphatic rings. The van der Waals surface area contributed by atoms with Crippen molar-refractivity contribution in [3.63, 3.8) is 0 Å². The Hall–Kier alpha value is 0.470. The molecule has 0 amide bonds. The van der Waals surface area contributed by atoms with Gasteiger partial charge in [0.15, 0.2) is 0 Å². The largest absolute Gasteiger partial charge is 0.394 e. The summed E-state index contributed by atoms with van der Waals surface area (Å²) >= 11 is 4.27. The van der Waals surface area contributed by atoms with E-state index in [2.05, 4.69) is 50.3 Å². The fourth-order valence-corrected chi connectivity index (χ4v) is 1.95. The van der Waals surface area contributed by atoms with Crippen LogP contribution in [0.15, 0.2) is 0 Å². The molecular weight excluding hydrogens is 344 g/mol. The van der Waals surface area contributed by atoms with Crippen LogP contribution in [-0.4, -0.2) is 9.78 Å². The predicted molar refractivity (Wildman–Crippen MR) is 53.1 cm³/mol. The zero-order chi connectivity index (χ0) is 7.02. The third-order valence-electron chi connectivity index (χ3n) is 0.966. The van der Waals surface area contributed by atoms with E-state index in [-0.39, 0.29) is 0 Å². The second-order valence-electron chi connectivity index (χ2n) is 1.62. The van der Waals surface area contributed by atoms with Gasteiger partial charge in [0.2, 0.25) is 0 Å². The van der Waals surface area contributed by atoms with Gasteiger partial charge in [0.25, 0.3) is 0 Å². The van der Waals surface area contributed by atoms with Crippen LogP contribution in [0.1, 0.15) is 0 Å². The molecule has 1 heterocycles. The van der Waals surface area contributed by atoms with E-state index in [0.29, 0.717) is 0 Å². The highest BCUT2D eigenvalue weighted by Crippen LogP contribution is 2.18. The molecule has 0 fully saturated rings. The Labute approximate surface area is 80.3 Å². The molecule has 3 nitrogen and oxygen atoms in total. The summed E-state index contributed by atoms with van der Waals surface area (Å²) in [6, 6.07) is 0. The van der Waals surface area contributed by atoms with Crippen LogP contribution in [0.3, 0.4) is 0 Å². The normalized spacial score (nSPS) is 10.1. The maximum atomic E-state index is 5.60. The van der Waals surface area contributed by atoms with Gasteiger partial charge in [0.1, 0.15) is 7.40 Å². The summed E-state index contributed by atoms with van der Waals surface area (Å²) in [5.74, 6) is 0. The second-order valence-corrected chi connectivity index (χ2v) is 3.66. The first kappa shape index (κ1) is 7.58. The van der Waals surface area contributed by atoms with Crippen molar-refractivity contribution in [2.45, 2.75) is 0 Å². The number of rotatable bonds is 0. The van der Waals surface area contributed by atoms with Gasteiger partial charge in [0, 0.05) is 7.05 Å². The van der Waals surface area contributed by atoms with Gasteiger partial charge in [-0.1, -0.05) is 0 Å². The summed E-state index contributed by atoms with van der Waals surface area (Å²) in [7, 11) is 1.88. The Morgan fingerprint density at radius 3 is 2.22 bits per heavy atom. The Kier molecular flexibility index (Phi) is 2.19. The molecule has 0 spiro atoms. The van der Waals surface area contributed by atoms with E-state index in [1.807, 2.05) is 7.05 Å². The molecule has 0 aliphatic carbocycles. The first-order valence-electron chi connectivity index (χ1n) is 2.26. The number of hydrogen-bond donors (Lipinski definition) is 1. The van der Waals surface area contributed by atoms with Crippen LogP contribution >= 0.6 is 45.2 Å². The summed E-state index contributed by atoms with van der Waals surface area (Å²) in [6.07, 6.45) is 0. The summed E-state index contributed by atoms with van der Waals surface area (Å²) in [4.78, 5) is 0. The van der Waals surface area contributed by atoms with Gasteiger partial charge < -0.3 is 5.73 Å². The fraction of sp³-hybridized carbons (Fsp3) is 0.250. The smallest absolute Gasteiger partial charge is 0.147 e. The Bertz CT molecular complexity index is 207. The second kappa shape index (κ2) is 2.60. The van der Waals surface area contributed by atoms with Crippen LogP contribution < -0.4 is 5.73 Å². The number of hydrogen-bond acceptors (Lipinski definition) is 2. The van der Waals surface area contributed by atoms with Crippen LogP contribution in [0.2, 0.25) is 0 Å². The van der Waals surface area contributed by atoms with E-state index in [1.54, 1.807) is 4.68 Å². The van der Waals surface area contributed by atoms with Crippen molar-refractivity contribution in [3.05, 3.63) is 7.40 Å². The standard InChI is InChI=1S/C4H5I2N3/c1-9-4(6)2(7)3(5)8-9/h7H2,1H3. The summed E-state index contributed by atoms with van der Waals surface area (Å²) in [5.41, 5.74) is 6.38. The van der Waals surface area contributed by atoms with Crippen molar-refractivity contribution in [3.8, 4) is 0 Å². The molecule has 0 aliphatic heterocycles. The molecule has 2 N–H and O–H groups in total. The topological polar surface area (TPSA) is 43.8 Å². The van der Waals surface area contributed by atoms with E-state index in [9.17, 15) is 0 Å². The Balaban J connectivity index is 3.29. The molecular formula is C4H5I2N3. The van der Waals surface area contributed by atoms with E-state index in [1.165, 1.54) is 0 Å². The number of aromatic nitrogens is 2. The molecule has 1 aromatic heterocycles. The monoisotopic (exact) mass is 349 g/mol. The molecule has 0 unspecified atom stereocenters. The molecule has 0 radical (unpaired) electrons. The third kappa shape index (κ3) is 1.31. The van der Waals surface area contributed by atoms with Crippen molar-refractivity contribution >= 4 is 50.9 Å². The minimum absolute atomic E-state index is 0.777. The molecule has 5 heteroatoms. The Morgan fingerprint density at radius 1 is 1.56 bits per heavy atom. The lowest BCUT2D eigenvalue weighted by atomic mass is 10.6. The third-order valence-corrected chi connectivity index (χ3v) is 3.04. The van der Waals surface area contributed by atoms with Crippen LogP contribution in [-0.2, 0) is 7.05 Å². The fourth-order valence-electron chi connectivity index (χ4n) is 0.489. The van der Waals surface area contributed by atoms with Crippen molar-refractivity contribution in [1.29, 1.82) is 0 Å². The van der Waals surface area contributed by atoms with Crippen LogP contribution in [0.5, 0.6) is 0 Å². The Morgan fingerprint density at radius 2 is 2.11 bits per heavy atom. The minimum atomic E-state index is 0.777. The maximum absolute atomic E-state index is 5.60. The number of nitrogen functional groups attached to an aromatic ring is 1. The van der Waals surface area contributed by atoms with Gasteiger partial charge in [-0.15, -0.1) is 0 Å². The molecule has 0 saturated carbocycles. The van der Waals surface area contributed by atoms with Crippen molar-refractivity contribution < 1.29 is 0 Å². The number of nitrogens with zero attached hydrogens (tertiary/aromatic N) is 2. The van der Waals surface area contributed by atoms with E-state index in [0.717, 1.165) is 13.1 Å². The van der Waals surface area contributed by atoms with Gasteiger partial charge >= 0.3 is 0 Å². The average molecular weight is 349 g/mol. The summed E-state index contributed by atoms with van der Waals surface area (Å²) < 4.78 is 3.63. The first-order chi connectivity index (χ1) is 4.13. The highest BCUT2D eigenvalue weighted by Gasteiger charge is 2.05.